The Balaban J connectivity index is 2.21. The number of nitrogens with zero attached hydrogens (tertiary/aromatic N) is 3. The molecule has 3 rings (SSSR count). The van der Waals surface area contributed by atoms with Crippen molar-refractivity contribution in [3.63, 3.8) is 0 Å². The fourth-order valence-corrected chi connectivity index (χ4v) is 2.89. The lowest BCUT2D eigenvalue weighted by molar-refractivity contribution is 1.05. The van der Waals surface area contributed by atoms with Gasteiger partial charge < -0.3 is 0 Å². The molecule has 0 unspecified atom stereocenters. The quantitative estimate of drug-likeness (QED) is 0.609. The van der Waals surface area contributed by atoms with E-state index in [1.165, 1.54) is 0 Å². The van der Waals surface area contributed by atoms with Crippen LogP contribution in [0.2, 0.25) is 5.02 Å². The maximum absolute atomic E-state index is 6.02. The summed E-state index contributed by atoms with van der Waals surface area (Å²) in [5.74, 6) is 0.893. The van der Waals surface area contributed by atoms with E-state index >= 15 is 0 Å². The van der Waals surface area contributed by atoms with Gasteiger partial charge in [-0.25, -0.2) is 4.98 Å². The number of imidazole rings is 1. The van der Waals surface area contributed by atoms with Gasteiger partial charge in [0.05, 0.1) is 17.2 Å². The predicted molar refractivity (Wildman–Crippen MR) is 99.9 cm³/mol. The molecule has 0 fully saturated rings. The highest BCUT2D eigenvalue weighted by molar-refractivity contribution is 8.05. The molecule has 5 heteroatoms. The fourth-order valence-electron chi connectivity index (χ4n) is 2.28. The molecule has 0 radical (unpaired) electrons. The van der Waals surface area contributed by atoms with Crippen molar-refractivity contribution in [3.8, 4) is 5.69 Å². The van der Waals surface area contributed by atoms with Gasteiger partial charge in [0.1, 0.15) is 5.82 Å². The molecule has 116 valence electrons. The summed E-state index contributed by atoms with van der Waals surface area (Å²) >= 11 is 7.62. The number of allylic oxidation sites excluding steroid dienone is 2. The number of benzene rings is 1. The van der Waals surface area contributed by atoms with Crippen molar-refractivity contribution in [1.29, 1.82) is 0 Å². The minimum atomic E-state index is 0.711. The molecule has 0 aliphatic heterocycles. The van der Waals surface area contributed by atoms with E-state index in [0.29, 0.717) is 5.02 Å². The van der Waals surface area contributed by atoms with Crippen molar-refractivity contribution in [2.45, 2.75) is 13.8 Å². The maximum Gasteiger partial charge on any atom is 0.141 e. The summed E-state index contributed by atoms with van der Waals surface area (Å²) in [5, 5.41) is 2.78. The zero-order chi connectivity index (χ0) is 16.4. The summed E-state index contributed by atoms with van der Waals surface area (Å²) in [4.78, 5) is 10.0. The molecule has 0 saturated carbocycles. The number of hydrogen-bond donors (Lipinski definition) is 0. The Labute approximate surface area is 144 Å². The molecular weight excluding hydrogens is 326 g/mol. The van der Waals surface area contributed by atoms with E-state index < -0.39 is 0 Å². The molecule has 0 aliphatic carbocycles. The molecule has 0 N–H and O–H groups in total. The lowest BCUT2D eigenvalue weighted by Crippen LogP contribution is -1.99. The Kier molecular flexibility index (Phi) is 4.55. The topological polar surface area (TPSA) is 30.7 Å². The van der Waals surface area contributed by atoms with Crippen LogP contribution in [0.5, 0.6) is 0 Å². The molecular formula is C18H16ClN3S. The third-order valence-corrected chi connectivity index (χ3v) is 4.46. The molecule has 1 aromatic carbocycles. The minimum Gasteiger partial charge on any atom is -0.291 e. The highest BCUT2D eigenvalue weighted by Gasteiger charge is 2.14. The van der Waals surface area contributed by atoms with E-state index in [0.717, 1.165) is 33.0 Å². The molecule has 23 heavy (non-hydrogen) atoms. The standard InChI is InChI=1S/C18H16ClN3S/c1-12(2)23-11-13(3)18-21-16-8-9-20-10-17(16)22(18)15-6-4-14(19)5-7-15/h4-11H,1H2,2-3H3/b13-11+. The summed E-state index contributed by atoms with van der Waals surface area (Å²) < 4.78 is 2.10. The summed E-state index contributed by atoms with van der Waals surface area (Å²) in [7, 11) is 0. The minimum absolute atomic E-state index is 0.711. The summed E-state index contributed by atoms with van der Waals surface area (Å²) in [6, 6.07) is 9.65. The van der Waals surface area contributed by atoms with Gasteiger partial charge in [-0.05, 0) is 60.1 Å². The Morgan fingerprint density at radius 1 is 1.22 bits per heavy atom. The second-order valence-electron chi connectivity index (χ2n) is 5.23. The van der Waals surface area contributed by atoms with Gasteiger partial charge in [-0.3, -0.25) is 9.55 Å². The average Bonchev–Trinajstić information content (AvgIpc) is 2.93. The maximum atomic E-state index is 6.02. The van der Waals surface area contributed by atoms with E-state index in [-0.39, 0.29) is 0 Å². The van der Waals surface area contributed by atoms with Crippen molar-refractivity contribution in [2.75, 3.05) is 0 Å². The summed E-state index contributed by atoms with van der Waals surface area (Å²) in [6.45, 7) is 7.96. The zero-order valence-corrected chi connectivity index (χ0v) is 14.5. The molecule has 2 heterocycles. The lowest BCUT2D eigenvalue weighted by Gasteiger charge is -2.09. The fraction of sp³-hybridized carbons (Fsp3) is 0.111. The molecule has 3 aromatic rings. The van der Waals surface area contributed by atoms with Crippen LogP contribution in [-0.2, 0) is 0 Å². The Morgan fingerprint density at radius 3 is 2.65 bits per heavy atom. The average molecular weight is 342 g/mol. The number of halogens is 1. The van der Waals surface area contributed by atoms with Crippen molar-refractivity contribution >= 4 is 40.0 Å². The van der Waals surface area contributed by atoms with Crippen molar-refractivity contribution in [1.82, 2.24) is 14.5 Å². The van der Waals surface area contributed by atoms with Gasteiger partial charge in [0.25, 0.3) is 0 Å². The van der Waals surface area contributed by atoms with Gasteiger partial charge in [0.2, 0.25) is 0 Å². The van der Waals surface area contributed by atoms with Crippen LogP contribution in [0.1, 0.15) is 19.7 Å². The molecule has 0 atom stereocenters. The monoisotopic (exact) mass is 341 g/mol. The van der Waals surface area contributed by atoms with Gasteiger partial charge in [-0.15, -0.1) is 11.8 Å². The van der Waals surface area contributed by atoms with Crippen molar-refractivity contribution in [2.24, 2.45) is 0 Å². The number of pyridine rings is 1. The zero-order valence-electron chi connectivity index (χ0n) is 13.0. The molecule has 3 nitrogen and oxygen atoms in total. The second kappa shape index (κ2) is 6.60. The van der Waals surface area contributed by atoms with Crippen LogP contribution >= 0.6 is 23.4 Å². The predicted octanol–water partition coefficient (Wildman–Crippen LogP) is 5.70. The van der Waals surface area contributed by atoms with Gasteiger partial charge in [-0.1, -0.05) is 18.2 Å². The Hall–Kier alpha value is -2.04. The van der Waals surface area contributed by atoms with Crippen LogP contribution < -0.4 is 0 Å². The van der Waals surface area contributed by atoms with Crippen molar-refractivity contribution in [3.05, 3.63) is 70.5 Å². The smallest absolute Gasteiger partial charge is 0.141 e. The molecule has 0 bridgehead atoms. The SMILES string of the molecule is C=C(C)S/C=C(\C)c1nc2ccncc2n1-c1ccc(Cl)cc1. The van der Waals surface area contributed by atoms with Crippen LogP contribution in [-0.4, -0.2) is 14.5 Å². The van der Waals surface area contributed by atoms with Crippen LogP contribution in [0, 0.1) is 0 Å². The molecule has 0 amide bonds. The molecule has 2 aromatic heterocycles. The van der Waals surface area contributed by atoms with Gasteiger partial charge in [0.15, 0.2) is 0 Å². The van der Waals surface area contributed by atoms with Crippen LogP contribution in [0.25, 0.3) is 22.3 Å². The van der Waals surface area contributed by atoms with Crippen molar-refractivity contribution < 1.29 is 0 Å². The normalized spacial score (nSPS) is 11.9. The van der Waals surface area contributed by atoms with Crippen LogP contribution in [0.15, 0.2) is 59.6 Å². The number of fused-ring (bicyclic) bond motifs is 1. The van der Waals surface area contributed by atoms with E-state index in [1.807, 2.05) is 43.5 Å². The molecule has 0 aliphatic rings. The number of rotatable bonds is 4. The molecule has 0 spiro atoms. The summed E-state index contributed by atoms with van der Waals surface area (Å²) in [5.41, 5.74) is 3.97. The van der Waals surface area contributed by atoms with E-state index in [4.69, 9.17) is 16.6 Å². The number of hydrogen-bond acceptors (Lipinski definition) is 3. The van der Waals surface area contributed by atoms with Crippen LogP contribution in [0.3, 0.4) is 0 Å². The summed E-state index contributed by atoms with van der Waals surface area (Å²) in [6.07, 6.45) is 3.59. The largest absolute Gasteiger partial charge is 0.291 e. The number of thioether (sulfide) groups is 1. The Morgan fingerprint density at radius 2 is 1.96 bits per heavy atom. The molecule has 0 saturated heterocycles. The highest BCUT2D eigenvalue weighted by atomic mass is 35.5. The first-order valence-corrected chi connectivity index (χ1v) is 8.40. The van der Waals surface area contributed by atoms with Gasteiger partial charge in [0, 0.05) is 16.9 Å². The third-order valence-electron chi connectivity index (χ3n) is 3.33. The van der Waals surface area contributed by atoms with Gasteiger partial charge in [-0.2, -0.15) is 0 Å². The lowest BCUT2D eigenvalue weighted by atomic mass is 10.2. The van der Waals surface area contributed by atoms with E-state index in [2.05, 4.69) is 28.5 Å². The van der Waals surface area contributed by atoms with Crippen LogP contribution in [0.4, 0.5) is 0 Å². The van der Waals surface area contributed by atoms with Gasteiger partial charge >= 0.3 is 0 Å². The second-order valence-corrected chi connectivity index (χ2v) is 6.84. The number of aromatic nitrogens is 3. The first-order valence-electron chi connectivity index (χ1n) is 7.14. The Bertz CT molecular complexity index is 894. The highest BCUT2D eigenvalue weighted by Crippen LogP contribution is 2.28. The first kappa shape index (κ1) is 15.8. The van der Waals surface area contributed by atoms with E-state index in [1.54, 1.807) is 18.0 Å². The first-order chi connectivity index (χ1) is 11.1. The third kappa shape index (κ3) is 3.33. The van der Waals surface area contributed by atoms with E-state index in [9.17, 15) is 0 Å².